The number of ether oxygens (including phenoxy) is 2. The van der Waals surface area contributed by atoms with Crippen LogP contribution < -0.4 is 14.9 Å². The van der Waals surface area contributed by atoms with Crippen LogP contribution in [0.25, 0.3) is 0 Å². The van der Waals surface area contributed by atoms with E-state index < -0.39 is 11.7 Å². The van der Waals surface area contributed by atoms with Crippen LogP contribution in [0, 0.1) is 5.82 Å². The predicted octanol–water partition coefficient (Wildman–Crippen LogP) is 3.39. The molecule has 0 fully saturated rings. The van der Waals surface area contributed by atoms with Crippen LogP contribution in [0.4, 0.5) is 4.39 Å². The summed E-state index contributed by atoms with van der Waals surface area (Å²) in [5.41, 5.74) is 3.47. The molecule has 0 radical (unpaired) electrons. The summed E-state index contributed by atoms with van der Waals surface area (Å²) in [4.78, 5) is 11.9. The van der Waals surface area contributed by atoms with Gasteiger partial charge in [0.2, 0.25) is 0 Å². The Kier molecular flexibility index (Phi) is 6.31. The molecule has 1 amide bonds. The number of carbonyl (C=O) groups excluding carboxylic acids is 1. The van der Waals surface area contributed by atoms with E-state index >= 15 is 0 Å². The third-order valence-electron chi connectivity index (χ3n) is 3.05. The molecule has 0 aliphatic carbocycles. The van der Waals surface area contributed by atoms with Crippen molar-refractivity contribution in [3.63, 3.8) is 0 Å². The highest BCUT2D eigenvalue weighted by Gasteiger charge is 2.06. The summed E-state index contributed by atoms with van der Waals surface area (Å²) in [6, 6.07) is 10.6. The largest absolute Gasteiger partial charge is 0.490 e. The van der Waals surface area contributed by atoms with Crippen molar-refractivity contribution in [2.45, 2.75) is 13.8 Å². The summed E-state index contributed by atoms with van der Waals surface area (Å²) in [6.07, 6.45) is 1.50. The molecule has 126 valence electrons. The van der Waals surface area contributed by atoms with Gasteiger partial charge in [0.25, 0.3) is 5.91 Å². The Morgan fingerprint density at radius 2 is 1.75 bits per heavy atom. The predicted molar refractivity (Wildman–Crippen MR) is 90.2 cm³/mol. The second kappa shape index (κ2) is 8.67. The fourth-order valence-corrected chi connectivity index (χ4v) is 1.98. The fourth-order valence-electron chi connectivity index (χ4n) is 1.98. The van der Waals surface area contributed by atoms with E-state index in [9.17, 15) is 9.18 Å². The zero-order valence-electron chi connectivity index (χ0n) is 13.6. The number of nitrogens with one attached hydrogen (secondary N) is 1. The fraction of sp³-hybridized carbons (Fsp3) is 0.222. The first-order chi connectivity index (χ1) is 11.6. The second-order valence-electron chi connectivity index (χ2n) is 4.78. The van der Waals surface area contributed by atoms with Gasteiger partial charge in [0, 0.05) is 5.56 Å². The van der Waals surface area contributed by atoms with Gasteiger partial charge in [0.15, 0.2) is 11.5 Å². The number of amides is 1. The van der Waals surface area contributed by atoms with Gasteiger partial charge < -0.3 is 9.47 Å². The lowest BCUT2D eigenvalue weighted by Gasteiger charge is -2.11. The zero-order chi connectivity index (χ0) is 17.4. The lowest BCUT2D eigenvalue weighted by atomic mass is 10.2. The van der Waals surface area contributed by atoms with Gasteiger partial charge in [0.05, 0.1) is 19.4 Å². The number of hydrogen-bond donors (Lipinski definition) is 1. The molecule has 0 aliphatic heterocycles. The molecule has 0 saturated carbocycles. The van der Waals surface area contributed by atoms with Crippen LogP contribution in [0.15, 0.2) is 47.6 Å². The summed E-state index contributed by atoms with van der Waals surface area (Å²) in [6.45, 7) is 4.85. The van der Waals surface area contributed by atoms with Gasteiger partial charge in [-0.25, -0.2) is 9.82 Å². The molecule has 0 unspecified atom stereocenters. The molecule has 2 rings (SSSR count). The summed E-state index contributed by atoms with van der Waals surface area (Å²) in [5, 5.41) is 3.90. The molecule has 0 saturated heterocycles. The Balaban J connectivity index is 2.04. The monoisotopic (exact) mass is 330 g/mol. The lowest BCUT2D eigenvalue weighted by molar-refractivity contribution is 0.0955. The van der Waals surface area contributed by atoms with E-state index in [2.05, 4.69) is 10.5 Å². The van der Waals surface area contributed by atoms with Crippen LogP contribution in [-0.4, -0.2) is 25.3 Å². The smallest absolute Gasteiger partial charge is 0.271 e. The van der Waals surface area contributed by atoms with Gasteiger partial charge in [0.1, 0.15) is 5.82 Å². The van der Waals surface area contributed by atoms with Gasteiger partial charge in [-0.1, -0.05) is 0 Å². The van der Waals surface area contributed by atoms with Crippen molar-refractivity contribution in [1.82, 2.24) is 5.43 Å². The van der Waals surface area contributed by atoms with E-state index in [4.69, 9.17) is 9.47 Å². The summed E-state index contributed by atoms with van der Waals surface area (Å²) >= 11 is 0. The maximum absolute atomic E-state index is 12.8. The number of nitrogens with zero attached hydrogens (tertiary/aromatic N) is 1. The Bertz CT molecular complexity index is 715. The minimum atomic E-state index is -0.415. The highest BCUT2D eigenvalue weighted by atomic mass is 19.1. The Morgan fingerprint density at radius 1 is 1.08 bits per heavy atom. The first kappa shape index (κ1) is 17.5. The van der Waals surface area contributed by atoms with Gasteiger partial charge in [-0.3, -0.25) is 4.79 Å². The van der Waals surface area contributed by atoms with E-state index in [-0.39, 0.29) is 0 Å². The van der Waals surface area contributed by atoms with E-state index in [0.29, 0.717) is 30.3 Å². The molecule has 2 aromatic rings. The first-order valence-corrected chi connectivity index (χ1v) is 7.62. The number of rotatable bonds is 7. The lowest BCUT2D eigenvalue weighted by Crippen LogP contribution is -2.17. The highest BCUT2D eigenvalue weighted by Crippen LogP contribution is 2.27. The number of hydrazone groups is 1. The van der Waals surface area contributed by atoms with Crippen molar-refractivity contribution in [2.24, 2.45) is 5.10 Å². The van der Waals surface area contributed by atoms with Crippen LogP contribution in [-0.2, 0) is 0 Å². The SMILES string of the molecule is CCOc1ccc(C=NNC(=O)c2ccc(F)cc2)cc1OCC. The molecule has 1 N–H and O–H groups in total. The summed E-state index contributed by atoms with van der Waals surface area (Å²) in [7, 11) is 0. The third kappa shape index (κ3) is 4.81. The second-order valence-corrected chi connectivity index (χ2v) is 4.78. The molecule has 6 heteroatoms. The summed E-state index contributed by atoms with van der Waals surface area (Å²) in [5.74, 6) is 0.468. The van der Waals surface area contributed by atoms with E-state index in [1.165, 1.54) is 30.5 Å². The number of hydrogen-bond acceptors (Lipinski definition) is 4. The first-order valence-electron chi connectivity index (χ1n) is 7.62. The van der Waals surface area contributed by atoms with E-state index in [0.717, 1.165) is 5.56 Å². The highest BCUT2D eigenvalue weighted by molar-refractivity contribution is 5.94. The summed E-state index contributed by atoms with van der Waals surface area (Å²) < 4.78 is 23.8. The van der Waals surface area contributed by atoms with Crippen LogP contribution in [0.2, 0.25) is 0 Å². The number of benzene rings is 2. The molecule has 0 spiro atoms. The molecule has 5 nitrogen and oxygen atoms in total. The van der Waals surface area contributed by atoms with Crippen molar-refractivity contribution in [3.8, 4) is 11.5 Å². The molecule has 2 aromatic carbocycles. The average Bonchev–Trinajstić information content (AvgIpc) is 2.58. The van der Waals surface area contributed by atoms with Gasteiger partial charge in [-0.15, -0.1) is 0 Å². The zero-order valence-corrected chi connectivity index (χ0v) is 13.6. The maximum Gasteiger partial charge on any atom is 0.271 e. The Hall–Kier alpha value is -2.89. The molecular formula is C18H19FN2O3. The minimum absolute atomic E-state index is 0.329. The number of halogens is 1. The van der Waals surface area contributed by atoms with Gasteiger partial charge in [-0.05, 0) is 61.9 Å². The Morgan fingerprint density at radius 3 is 2.42 bits per heavy atom. The topological polar surface area (TPSA) is 59.9 Å². The molecule has 0 atom stereocenters. The molecule has 0 heterocycles. The molecular weight excluding hydrogens is 311 g/mol. The van der Waals surface area contributed by atoms with Gasteiger partial charge >= 0.3 is 0 Å². The van der Waals surface area contributed by atoms with Crippen LogP contribution in [0.5, 0.6) is 11.5 Å². The van der Waals surface area contributed by atoms with Crippen molar-refractivity contribution in [2.75, 3.05) is 13.2 Å². The van der Waals surface area contributed by atoms with Crippen LogP contribution >= 0.6 is 0 Å². The molecule has 0 bridgehead atoms. The van der Waals surface area contributed by atoms with Crippen LogP contribution in [0.3, 0.4) is 0 Å². The maximum atomic E-state index is 12.8. The Labute approximate surface area is 140 Å². The van der Waals surface area contributed by atoms with Crippen molar-refractivity contribution < 1.29 is 18.7 Å². The van der Waals surface area contributed by atoms with E-state index in [1.54, 1.807) is 18.2 Å². The van der Waals surface area contributed by atoms with Crippen molar-refractivity contribution >= 4 is 12.1 Å². The molecule has 0 aromatic heterocycles. The van der Waals surface area contributed by atoms with Crippen molar-refractivity contribution in [1.29, 1.82) is 0 Å². The van der Waals surface area contributed by atoms with Crippen molar-refractivity contribution in [3.05, 3.63) is 59.4 Å². The van der Waals surface area contributed by atoms with Gasteiger partial charge in [-0.2, -0.15) is 5.10 Å². The van der Waals surface area contributed by atoms with E-state index in [1.807, 2.05) is 13.8 Å². The third-order valence-corrected chi connectivity index (χ3v) is 3.05. The normalized spacial score (nSPS) is 10.6. The average molecular weight is 330 g/mol. The molecule has 24 heavy (non-hydrogen) atoms. The minimum Gasteiger partial charge on any atom is -0.490 e. The number of carbonyl (C=O) groups is 1. The van der Waals surface area contributed by atoms with Crippen LogP contribution in [0.1, 0.15) is 29.8 Å². The standard InChI is InChI=1S/C18H19FN2O3/c1-3-23-16-10-5-13(11-17(16)24-4-2)12-20-21-18(22)14-6-8-15(19)9-7-14/h5-12H,3-4H2,1-2H3,(H,21,22). The molecule has 0 aliphatic rings. The quantitative estimate of drug-likeness (QED) is 0.625.